The van der Waals surface area contributed by atoms with E-state index in [9.17, 15) is 13.2 Å². The number of sulfonamides is 1. The zero-order valence-corrected chi connectivity index (χ0v) is 13.7. The van der Waals surface area contributed by atoms with Gasteiger partial charge in [-0.1, -0.05) is 19.9 Å². The fourth-order valence-corrected chi connectivity index (χ4v) is 2.57. The van der Waals surface area contributed by atoms with Crippen molar-refractivity contribution in [3.05, 3.63) is 29.6 Å². The summed E-state index contributed by atoms with van der Waals surface area (Å²) in [5.41, 5.74) is 1.78. The molecule has 1 heterocycles. The number of nitrogens with zero attached hydrogens (tertiary/aromatic N) is 1. The van der Waals surface area contributed by atoms with Gasteiger partial charge in [0.05, 0.1) is 6.26 Å². The van der Waals surface area contributed by atoms with Crippen LogP contribution in [0.5, 0.6) is 0 Å². The zero-order valence-electron chi connectivity index (χ0n) is 12.9. The third-order valence-electron chi connectivity index (χ3n) is 2.82. The fourth-order valence-electron chi connectivity index (χ4n) is 1.85. The molecule has 0 fully saturated rings. The van der Waals surface area contributed by atoms with E-state index < -0.39 is 16.1 Å². The van der Waals surface area contributed by atoms with Crippen LogP contribution in [0.4, 0.5) is 0 Å². The Labute approximate surface area is 126 Å². The number of pyridine rings is 1. The molecule has 1 amide bonds. The highest BCUT2D eigenvalue weighted by Crippen LogP contribution is 2.07. The predicted octanol–water partition coefficient (Wildman–Crippen LogP) is 0.970. The Morgan fingerprint density at radius 3 is 2.48 bits per heavy atom. The number of carbonyl (C=O) groups excluding carboxylic acids is 1. The van der Waals surface area contributed by atoms with Crippen LogP contribution in [0.25, 0.3) is 0 Å². The van der Waals surface area contributed by atoms with Crippen LogP contribution in [-0.4, -0.2) is 31.6 Å². The SMILES string of the molecule is Cc1ccc(CNC(=O)[C@@H](CC(C)C)NS(C)(=O)=O)cn1. The van der Waals surface area contributed by atoms with Crippen molar-refractivity contribution in [1.29, 1.82) is 0 Å². The zero-order chi connectivity index (χ0) is 16.0. The Hall–Kier alpha value is -1.47. The average molecular weight is 313 g/mol. The summed E-state index contributed by atoms with van der Waals surface area (Å²) < 4.78 is 25.1. The number of amides is 1. The van der Waals surface area contributed by atoms with Crippen LogP contribution in [0.2, 0.25) is 0 Å². The van der Waals surface area contributed by atoms with E-state index in [4.69, 9.17) is 0 Å². The second-order valence-corrected chi connectivity index (χ2v) is 7.38. The maximum atomic E-state index is 12.1. The van der Waals surface area contributed by atoms with Crippen LogP contribution < -0.4 is 10.0 Å². The van der Waals surface area contributed by atoms with Gasteiger partial charge in [-0.3, -0.25) is 9.78 Å². The van der Waals surface area contributed by atoms with E-state index in [-0.39, 0.29) is 11.8 Å². The van der Waals surface area contributed by atoms with Crippen LogP contribution in [-0.2, 0) is 21.4 Å². The van der Waals surface area contributed by atoms with Gasteiger partial charge >= 0.3 is 0 Å². The lowest BCUT2D eigenvalue weighted by Gasteiger charge is -2.19. The summed E-state index contributed by atoms with van der Waals surface area (Å²) in [6.07, 6.45) is 3.19. The number of nitrogens with one attached hydrogen (secondary N) is 2. The second kappa shape index (κ2) is 7.51. The third kappa shape index (κ3) is 7.19. The van der Waals surface area contributed by atoms with Crippen molar-refractivity contribution >= 4 is 15.9 Å². The van der Waals surface area contributed by atoms with E-state index in [1.54, 1.807) is 6.20 Å². The van der Waals surface area contributed by atoms with Gasteiger partial charge in [0.25, 0.3) is 0 Å². The molecule has 1 aromatic heterocycles. The first kappa shape index (κ1) is 17.6. The maximum Gasteiger partial charge on any atom is 0.238 e. The molecular formula is C14H23N3O3S. The van der Waals surface area contributed by atoms with Gasteiger partial charge in [-0.15, -0.1) is 0 Å². The van der Waals surface area contributed by atoms with Crippen LogP contribution in [0.1, 0.15) is 31.5 Å². The minimum atomic E-state index is -3.43. The lowest BCUT2D eigenvalue weighted by atomic mass is 10.0. The topological polar surface area (TPSA) is 88.2 Å². The first-order valence-corrected chi connectivity index (χ1v) is 8.73. The van der Waals surface area contributed by atoms with Crippen LogP contribution in [0.3, 0.4) is 0 Å². The molecule has 1 rings (SSSR count). The van der Waals surface area contributed by atoms with Crippen LogP contribution >= 0.6 is 0 Å². The molecule has 0 spiro atoms. The summed E-state index contributed by atoms with van der Waals surface area (Å²) in [6, 6.07) is 2.99. The Morgan fingerprint density at radius 2 is 2.00 bits per heavy atom. The van der Waals surface area contributed by atoms with Crippen LogP contribution in [0.15, 0.2) is 18.3 Å². The third-order valence-corrected chi connectivity index (χ3v) is 3.53. The van der Waals surface area contributed by atoms with E-state index in [2.05, 4.69) is 15.0 Å². The lowest BCUT2D eigenvalue weighted by molar-refractivity contribution is -0.123. The monoisotopic (exact) mass is 313 g/mol. The summed E-state index contributed by atoms with van der Waals surface area (Å²) in [5.74, 6) is -0.120. The average Bonchev–Trinajstić information content (AvgIpc) is 2.34. The van der Waals surface area contributed by atoms with Gasteiger partial charge < -0.3 is 5.32 Å². The van der Waals surface area contributed by atoms with Crippen molar-refractivity contribution in [3.8, 4) is 0 Å². The molecule has 0 aromatic carbocycles. The molecule has 0 unspecified atom stereocenters. The first-order chi connectivity index (χ1) is 9.67. The molecule has 1 atom stereocenters. The van der Waals surface area contributed by atoms with Gasteiger partial charge in [-0.2, -0.15) is 0 Å². The molecular weight excluding hydrogens is 290 g/mol. The van der Waals surface area contributed by atoms with Gasteiger partial charge in [0.15, 0.2) is 0 Å². The van der Waals surface area contributed by atoms with E-state index in [1.165, 1.54) is 0 Å². The van der Waals surface area contributed by atoms with Gasteiger partial charge in [0.2, 0.25) is 15.9 Å². The number of carbonyl (C=O) groups is 1. The summed E-state index contributed by atoms with van der Waals surface area (Å²) >= 11 is 0. The van der Waals surface area contributed by atoms with Crippen molar-refractivity contribution < 1.29 is 13.2 Å². The van der Waals surface area contributed by atoms with Crippen molar-refractivity contribution in [3.63, 3.8) is 0 Å². The molecule has 0 bridgehead atoms. The highest BCUT2D eigenvalue weighted by molar-refractivity contribution is 7.88. The predicted molar refractivity (Wildman–Crippen MR) is 82.0 cm³/mol. The Bertz CT molecular complexity index is 568. The first-order valence-electron chi connectivity index (χ1n) is 6.84. The molecule has 0 saturated heterocycles. The number of aryl methyl sites for hydroxylation is 1. The maximum absolute atomic E-state index is 12.1. The minimum absolute atomic E-state index is 0.205. The normalized spacial score (nSPS) is 13.2. The second-order valence-electron chi connectivity index (χ2n) is 5.60. The van der Waals surface area contributed by atoms with Crippen molar-refractivity contribution in [2.24, 2.45) is 5.92 Å². The summed E-state index contributed by atoms with van der Waals surface area (Å²) in [6.45, 7) is 6.09. The number of aromatic nitrogens is 1. The highest BCUT2D eigenvalue weighted by Gasteiger charge is 2.22. The van der Waals surface area contributed by atoms with Gasteiger partial charge in [-0.25, -0.2) is 13.1 Å². The standard InChI is InChI=1S/C14H23N3O3S/c1-10(2)7-13(17-21(4,19)20)14(18)16-9-12-6-5-11(3)15-8-12/h5-6,8,10,13,17H,7,9H2,1-4H3,(H,16,18)/t13-/m1/s1. The summed E-state index contributed by atoms with van der Waals surface area (Å²) in [7, 11) is -3.43. The Morgan fingerprint density at radius 1 is 1.33 bits per heavy atom. The minimum Gasteiger partial charge on any atom is -0.351 e. The van der Waals surface area contributed by atoms with Crippen LogP contribution in [0, 0.1) is 12.8 Å². The smallest absolute Gasteiger partial charge is 0.238 e. The molecule has 1 aromatic rings. The number of rotatable bonds is 7. The Balaban J connectivity index is 2.65. The van der Waals surface area contributed by atoms with Crippen molar-refractivity contribution in [1.82, 2.24) is 15.0 Å². The number of hydrogen-bond acceptors (Lipinski definition) is 4. The molecule has 0 aliphatic heterocycles. The molecule has 0 saturated carbocycles. The molecule has 0 aliphatic carbocycles. The van der Waals surface area contributed by atoms with Gasteiger partial charge in [0, 0.05) is 18.4 Å². The van der Waals surface area contributed by atoms with Gasteiger partial charge in [0.1, 0.15) is 6.04 Å². The van der Waals surface area contributed by atoms with E-state index >= 15 is 0 Å². The lowest BCUT2D eigenvalue weighted by Crippen LogP contribution is -2.46. The summed E-state index contributed by atoms with van der Waals surface area (Å²) in [4.78, 5) is 16.3. The van der Waals surface area contributed by atoms with Gasteiger partial charge in [-0.05, 0) is 30.9 Å². The summed E-state index contributed by atoms with van der Waals surface area (Å²) in [5, 5.41) is 2.74. The molecule has 0 aliphatic rings. The molecule has 7 heteroatoms. The van der Waals surface area contributed by atoms with Crippen molar-refractivity contribution in [2.45, 2.75) is 39.8 Å². The quantitative estimate of drug-likeness (QED) is 0.785. The molecule has 118 valence electrons. The Kier molecular flexibility index (Phi) is 6.29. The fraction of sp³-hybridized carbons (Fsp3) is 0.571. The van der Waals surface area contributed by atoms with Crippen molar-refractivity contribution in [2.75, 3.05) is 6.26 Å². The molecule has 6 nitrogen and oxygen atoms in total. The highest BCUT2D eigenvalue weighted by atomic mass is 32.2. The number of hydrogen-bond donors (Lipinski definition) is 2. The van der Waals surface area contributed by atoms with E-state index in [0.29, 0.717) is 13.0 Å². The molecule has 2 N–H and O–H groups in total. The largest absolute Gasteiger partial charge is 0.351 e. The van der Waals surface area contributed by atoms with E-state index in [0.717, 1.165) is 17.5 Å². The molecule has 0 radical (unpaired) electrons. The van der Waals surface area contributed by atoms with E-state index in [1.807, 2.05) is 32.9 Å². The molecule has 21 heavy (non-hydrogen) atoms.